The fourth-order valence-electron chi connectivity index (χ4n) is 10.3. The number of allylic oxidation sites excluding steroid dienone is 4. The zero-order chi connectivity index (χ0) is 39.0. The van der Waals surface area contributed by atoms with Gasteiger partial charge in [0.15, 0.2) is 11.6 Å². The Hall–Kier alpha value is -7.49. The summed E-state index contributed by atoms with van der Waals surface area (Å²) in [6.07, 6.45) is 7.48. The van der Waals surface area contributed by atoms with E-state index in [1.54, 1.807) is 0 Å². The van der Waals surface area contributed by atoms with Crippen molar-refractivity contribution in [3.63, 3.8) is 0 Å². The van der Waals surface area contributed by atoms with Crippen LogP contribution in [0.3, 0.4) is 0 Å². The summed E-state index contributed by atoms with van der Waals surface area (Å²) >= 11 is 0. The second kappa shape index (κ2) is 13.0. The van der Waals surface area contributed by atoms with Crippen molar-refractivity contribution in [1.29, 1.82) is 0 Å². The molecule has 0 amide bonds. The minimum absolute atomic E-state index is 0.515. The van der Waals surface area contributed by atoms with Crippen molar-refractivity contribution in [2.24, 2.45) is 0 Å². The highest BCUT2D eigenvalue weighted by Gasteiger charge is 2.53. The molecule has 0 saturated heterocycles. The van der Waals surface area contributed by atoms with Crippen molar-refractivity contribution in [3.8, 4) is 45.0 Å². The number of rotatable bonds is 5. The summed E-state index contributed by atoms with van der Waals surface area (Å²) in [5.41, 5.74) is 14.7. The molecule has 0 fully saturated rings. The molecule has 3 nitrogen and oxygen atoms in total. The molecular formula is C56H37N3. The normalized spacial score (nSPS) is 16.6. The highest BCUT2D eigenvalue weighted by molar-refractivity contribution is 6.06. The summed E-state index contributed by atoms with van der Waals surface area (Å²) in [4.78, 5) is 16.1. The van der Waals surface area contributed by atoms with Crippen LogP contribution < -0.4 is 0 Å². The van der Waals surface area contributed by atoms with Gasteiger partial charge in [-0.25, -0.2) is 15.0 Å². The van der Waals surface area contributed by atoms with Crippen molar-refractivity contribution in [2.45, 2.75) is 17.3 Å². The number of fused-ring (bicyclic) bond motifs is 12. The number of benzene rings is 8. The van der Waals surface area contributed by atoms with E-state index in [0.29, 0.717) is 18.1 Å². The first-order valence-electron chi connectivity index (χ1n) is 20.4. The summed E-state index contributed by atoms with van der Waals surface area (Å²) in [6.45, 7) is 0. The lowest BCUT2D eigenvalue weighted by atomic mass is 9.67. The van der Waals surface area contributed by atoms with Crippen LogP contribution in [-0.4, -0.2) is 15.0 Å². The van der Waals surface area contributed by atoms with Crippen LogP contribution in [-0.2, 0) is 10.8 Å². The molecular weight excluding hydrogens is 715 g/mol. The minimum Gasteiger partial charge on any atom is -0.212 e. The molecule has 0 aliphatic heterocycles. The van der Waals surface area contributed by atoms with Crippen LogP contribution in [0.5, 0.6) is 0 Å². The van der Waals surface area contributed by atoms with Crippen molar-refractivity contribution < 1.29 is 0 Å². The molecule has 1 atom stereocenters. The van der Waals surface area contributed by atoms with Crippen molar-refractivity contribution in [3.05, 3.63) is 252 Å². The predicted octanol–water partition coefficient (Wildman–Crippen LogP) is 13.0. The molecule has 59 heavy (non-hydrogen) atoms. The first-order chi connectivity index (χ1) is 29.2. The van der Waals surface area contributed by atoms with Gasteiger partial charge in [0.2, 0.25) is 0 Å². The molecule has 0 N–H and O–H groups in total. The Labute approximate surface area is 343 Å². The number of aromatic nitrogens is 3. The molecule has 1 spiro atoms. The molecule has 8 aromatic carbocycles. The van der Waals surface area contributed by atoms with E-state index in [1.165, 1.54) is 66.4 Å². The molecule has 3 heteroatoms. The summed E-state index contributed by atoms with van der Waals surface area (Å²) in [5, 5.41) is 2.52. The third-order valence-electron chi connectivity index (χ3n) is 12.9. The largest absolute Gasteiger partial charge is 0.212 e. The number of hydrogen-bond acceptors (Lipinski definition) is 3. The Kier molecular flexibility index (Phi) is 7.42. The maximum Gasteiger partial charge on any atom is 0.163 e. The average Bonchev–Trinajstić information content (AvgIpc) is 3.79. The molecule has 1 aromatic heterocycles. The predicted molar refractivity (Wildman–Crippen MR) is 240 cm³/mol. The average molecular weight is 752 g/mol. The van der Waals surface area contributed by atoms with E-state index >= 15 is 0 Å². The zero-order valence-corrected chi connectivity index (χ0v) is 32.3. The van der Waals surface area contributed by atoms with E-state index in [9.17, 15) is 0 Å². The Morgan fingerprint density at radius 2 is 1.00 bits per heavy atom. The van der Waals surface area contributed by atoms with Gasteiger partial charge in [0, 0.05) is 11.1 Å². The third-order valence-corrected chi connectivity index (χ3v) is 12.9. The van der Waals surface area contributed by atoms with Gasteiger partial charge in [0.05, 0.1) is 10.8 Å². The maximum atomic E-state index is 5.46. The van der Waals surface area contributed by atoms with Gasteiger partial charge in [-0.05, 0) is 78.4 Å². The smallest absolute Gasteiger partial charge is 0.163 e. The summed E-state index contributed by atoms with van der Waals surface area (Å²) in [6, 6.07) is 70.2. The van der Waals surface area contributed by atoms with Crippen LogP contribution in [0, 0.1) is 0 Å². The molecule has 276 valence electrons. The van der Waals surface area contributed by atoms with Gasteiger partial charge in [-0.2, -0.15) is 0 Å². The molecule has 1 heterocycles. The van der Waals surface area contributed by atoms with Crippen molar-refractivity contribution in [1.82, 2.24) is 15.0 Å². The second-order valence-corrected chi connectivity index (χ2v) is 15.9. The zero-order valence-electron chi connectivity index (χ0n) is 32.3. The van der Waals surface area contributed by atoms with E-state index < -0.39 is 10.8 Å². The van der Waals surface area contributed by atoms with E-state index in [2.05, 4.69) is 176 Å². The molecule has 3 aliphatic rings. The van der Waals surface area contributed by atoms with Gasteiger partial charge in [-0.1, -0.05) is 212 Å². The molecule has 9 aromatic rings. The van der Waals surface area contributed by atoms with Crippen molar-refractivity contribution in [2.75, 3.05) is 0 Å². The van der Waals surface area contributed by atoms with Crippen LogP contribution in [0.25, 0.3) is 61.4 Å². The van der Waals surface area contributed by atoms with Crippen LogP contribution in [0.1, 0.15) is 45.6 Å². The van der Waals surface area contributed by atoms with Crippen LogP contribution in [0.2, 0.25) is 0 Å². The lowest BCUT2D eigenvalue weighted by Gasteiger charge is -2.36. The Morgan fingerprint density at radius 1 is 0.424 bits per heavy atom. The van der Waals surface area contributed by atoms with Crippen LogP contribution >= 0.6 is 0 Å². The number of nitrogens with zero attached hydrogens (tertiary/aromatic N) is 3. The topological polar surface area (TPSA) is 38.7 Å². The molecule has 12 rings (SSSR count). The first kappa shape index (κ1) is 33.6. The summed E-state index contributed by atoms with van der Waals surface area (Å²) in [5.74, 6) is 2.05. The van der Waals surface area contributed by atoms with Gasteiger partial charge in [-0.3, -0.25) is 0 Å². The van der Waals surface area contributed by atoms with Gasteiger partial charge < -0.3 is 0 Å². The Balaban J connectivity index is 1.17. The van der Waals surface area contributed by atoms with E-state index in [-0.39, 0.29) is 0 Å². The molecule has 0 radical (unpaired) electrons. The second-order valence-electron chi connectivity index (χ2n) is 15.9. The molecule has 0 saturated carbocycles. The lowest BCUT2D eigenvalue weighted by molar-refractivity contribution is 0.603. The quantitative estimate of drug-likeness (QED) is 0.176. The van der Waals surface area contributed by atoms with Crippen LogP contribution in [0.15, 0.2) is 212 Å². The van der Waals surface area contributed by atoms with E-state index in [1.807, 2.05) is 36.4 Å². The fourth-order valence-corrected chi connectivity index (χ4v) is 10.3. The summed E-state index contributed by atoms with van der Waals surface area (Å²) in [7, 11) is 0. The molecule has 3 aliphatic carbocycles. The van der Waals surface area contributed by atoms with E-state index in [4.69, 9.17) is 15.0 Å². The monoisotopic (exact) mass is 751 g/mol. The van der Waals surface area contributed by atoms with Crippen LogP contribution in [0.4, 0.5) is 0 Å². The Morgan fingerprint density at radius 3 is 1.66 bits per heavy atom. The standard InChI is InChI=1S/C56H37N3/c1-4-17-37(18-5-1)41-24-16-34-55(36-41,54-58-52(39-20-6-2-7-21-39)57-53(59-54)40-22-8-3-9-23-40)42-31-32-46-50(35-42)56(49-33-30-38-19-10-11-25-43(38)51(46)49)47-28-14-12-26-44(47)45-27-13-15-29-48(45)56/h1-35H,36H2. The highest BCUT2D eigenvalue weighted by Crippen LogP contribution is 2.64. The van der Waals surface area contributed by atoms with Gasteiger partial charge >= 0.3 is 0 Å². The third kappa shape index (κ3) is 4.91. The van der Waals surface area contributed by atoms with Gasteiger partial charge in [0.1, 0.15) is 5.82 Å². The molecule has 0 bridgehead atoms. The van der Waals surface area contributed by atoms with Gasteiger partial charge in [0.25, 0.3) is 0 Å². The fraction of sp³-hybridized carbons (Fsp3) is 0.0536. The minimum atomic E-state index is -0.735. The number of hydrogen-bond donors (Lipinski definition) is 0. The highest BCUT2D eigenvalue weighted by atomic mass is 15.0. The Bertz CT molecular complexity index is 3080. The van der Waals surface area contributed by atoms with Crippen molar-refractivity contribution >= 4 is 16.3 Å². The van der Waals surface area contributed by atoms with E-state index in [0.717, 1.165) is 22.5 Å². The maximum absolute atomic E-state index is 5.46. The van der Waals surface area contributed by atoms with Gasteiger partial charge in [-0.15, -0.1) is 0 Å². The SMILES string of the molecule is C1=CC(c2ccc3c(c2)C2(c4ccccc4-c4ccccc42)c2ccc4ccccc4c2-3)(c2nc(-c3ccccc3)nc(-c3ccccc3)n2)CC(c2ccccc2)=C1. The summed E-state index contributed by atoms with van der Waals surface area (Å²) < 4.78 is 0. The first-order valence-corrected chi connectivity index (χ1v) is 20.4. The molecule has 1 unspecified atom stereocenters. The lowest BCUT2D eigenvalue weighted by Crippen LogP contribution is -2.32.